The van der Waals surface area contributed by atoms with E-state index in [1.54, 1.807) is 26.2 Å². The Kier molecular flexibility index (Phi) is 5.66. The van der Waals surface area contributed by atoms with E-state index < -0.39 is 0 Å². The van der Waals surface area contributed by atoms with E-state index in [9.17, 15) is 10.1 Å². The van der Waals surface area contributed by atoms with Crippen molar-refractivity contribution in [2.45, 2.75) is 20.3 Å². The van der Waals surface area contributed by atoms with Crippen LogP contribution in [0.2, 0.25) is 0 Å². The predicted octanol–water partition coefficient (Wildman–Crippen LogP) is 3.62. The number of nitriles is 1. The molecule has 0 saturated heterocycles. The third-order valence-electron chi connectivity index (χ3n) is 3.27. The summed E-state index contributed by atoms with van der Waals surface area (Å²) in [5.41, 5.74) is 1.75. The van der Waals surface area contributed by atoms with Gasteiger partial charge in [0.05, 0.1) is 17.3 Å². The van der Waals surface area contributed by atoms with Crippen molar-refractivity contribution in [3.05, 3.63) is 43.4 Å². The minimum atomic E-state index is -0.386. The van der Waals surface area contributed by atoms with Crippen LogP contribution in [0.5, 0.6) is 11.5 Å². The first-order valence-corrected chi connectivity index (χ1v) is 8.24. The van der Waals surface area contributed by atoms with Crippen LogP contribution in [0.15, 0.2) is 23.0 Å². The number of pyridine rings is 1. The lowest BCUT2D eigenvalue weighted by Crippen LogP contribution is -2.12. The van der Waals surface area contributed by atoms with E-state index in [-0.39, 0.29) is 11.1 Å². The smallest absolute Gasteiger partial charge is 0.266 e. The van der Waals surface area contributed by atoms with Crippen molar-refractivity contribution in [2.24, 2.45) is 0 Å². The maximum absolute atomic E-state index is 12.0. The van der Waals surface area contributed by atoms with Crippen molar-refractivity contribution in [1.29, 1.82) is 5.26 Å². The van der Waals surface area contributed by atoms with Crippen LogP contribution in [0.1, 0.15) is 24.6 Å². The summed E-state index contributed by atoms with van der Waals surface area (Å²) in [7, 11) is 1.57. The molecule has 0 unspecified atom stereocenters. The van der Waals surface area contributed by atoms with Gasteiger partial charge in [-0.1, -0.05) is 6.92 Å². The van der Waals surface area contributed by atoms with E-state index >= 15 is 0 Å². The number of halogens is 1. The summed E-state index contributed by atoms with van der Waals surface area (Å²) in [4.78, 5) is 14.6. The monoisotopic (exact) mass is 424 g/mol. The van der Waals surface area contributed by atoms with E-state index in [0.717, 1.165) is 15.6 Å². The van der Waals surface area contributed by atoms with Gasteiger partial charge < -0.3 is 14.5 Å². The Labute approximate surface area is 148 Å². The highest BCUT2D eigenvalue weighted by molar-refractivity contribution is 14.1. The molecule has 0 atom stereocenters. The zero-order valence-corrected chi connectivity index (χ0v) is 15.4. The molecule has 120 valence electrons. The Bertz CT molecular complexity index is 822. The van der Waals surface area contributed by atoms with Crippen LogP contribution in [0.25, 0.3) is 11.1 Å². The summed E-state index contributed by atoms with van der Waals surface area (Å²) in [5, 5.41) is 9.29. The van der Waals surface area contributed by atoms with Crippen molar-refractivity contribution >= 4 is 22.6 Å². The van der Waals surface area contributed by atoms with Gasteiger partial charge in [0.15, 0.2) is 11.5 Å². The third kappa shape index (κ3) is 3.67. The molecular weight excluding hydrogens is 407 g/mol. The van der Waals surface area contributed by atoms with Gasteiger partial charge in [0, 0.05) is 11.3 Å². The number of ether oxygens (including phenoxy) is 2. The fourth-order valence-corrected chi connectivity index (χ4v) is 3.00. The number of hydrogen-bond acceptors (Lipinski definition) is 4. The van der Waals surface area contributed by atoms with Crippen molar-refractivity contribution in [1.82, 2.24) is 4.98 Å². The number of rotatable bonds is 5. The summed E-state index contributed by atoms with van der Waals surface area (Å²) >= 11 is 2.17. The molecule has 0 aliphatic carbocycles. The molecule has 2 rings (SSSR count). The second-order valence-corrected chi connectivity index (χ2v) is 6.18. The first-order chi connectivity index (χ1) is 11.0. The van der Waals surface area contributed by atoms with E-state index in [1.807, 2.05) is 19.1 Å². The molecule has 0 radical (unpaired) electrons. The largest absolute Gasteiger partial charge is 0.493 e. The first-order valence-electron chi connectivity index (χ1n) is 7.16. The summed E-state index contributed by atoms with van der Waals surface area (Å²) in [6, 6.07) is 7.45. The van der Waals surface area contributed by atoms with Gasteiger partial charge in [-0.2, -0.15) is 5.26 Å². The zero-order chi connectivity index (χ0) is 17.0. The van der Waals surface area contributed by atoms with Crippen molar-refractivity contribution < 1.29 is 9.47 Å². The van der Waals surface area contributed by atoms with Gasteiger partial charge in [0.2, 0.25) is 0 Å². The van der Waals surface area contributed by atoms with Gasteiger partial charge in [-0.3, -0.25) is 4.79 Å². The maximum atomic E-state index is 12.0. The highest BCUT2D eigenvalue weighted by atomic mass is 127. The minimum absolute atomic E-state index is 0.0932. The Morgan fingerprint density at radius 3 is 2.70 bits per heavy atom. The summed E-state index contributed by atoms with van der Waals surface area (Å²) in [6.45, 7) is 4.41. The van der Waals surface area contributed by atoms with Crippen LogP contribution in [-0.2, 0) is 0 Å². The van der Waals surface area contributed by atoms with Crippen LogP contribution < -0.4 is 15.0 Å². The summed E-state index contributed by atoms with van der Waals surface area (Å²) < 4.78 is 12.0. The lowest BCUT2D eigenvalue weighted by Gasteiger charge is -2.14. The molecule has 1 N–H and O–H groups in total. The van der Waals surface area contributed by atoms with Crippen LogP contribution >= 0.6 is 22.6 Å². The van der Waals surface area contributed by atoms with Crippen LogP contribution in [0.3, 0.4) is 0 Å². The number of hydrogen-bond donors (Lipinski definition) is 1. The number of H-pyrrole nitrogens is 1. The summed E-state index contributed by atoms with van der Waals surface area (Å²) in [6.07, 6.45) is 0.896. The van der Waals surface area contributed by atoms with Crippen molar-refractivity contribution in [3.8, 4) is 28.7 Å². The number of aromatic nitrogens is 1. The number of nitrogens with one attached hydrogen (secondary N) is 1. The molecule has 2 aromatic rings. The lowest BCUT2D eigenvalue weighted by atomic mass is 10.0. The Morgan fingerprint density at radius 2 is 2.09 bits per heavy atom. The topological polar surface area (TPSA) is 75.1 Å². The molecule has 5 nitrogen and oxygen atoms in total. The van der Waals surface area contributed by atoms with Gasteiger partial charge in [-0.25, -0.2) is 0 Å². The molecule has 1 aromatic heterocycles. The molecule has 1 aromatic carbocycles. The van der Waals surface area contributed by atoms with Crippen molar-refractivity contribution in [3.63, 3.8) is 0 Å². The van der Waals surface area contributed by atoms with Gasteiger partial charge in [0.25, 0.3) is 5.56 Å². The van der Waals surface area contributed by atoms with Gasteiger partial charge in [0.1, 0.15) is 11.6 Å². The molecule has 0 saturated carbocycles. The molecule has 0 aliphatic heterocycles. The van der Waals surface area contributed by atoms with Crippen LogP contribution in [0.4, 0.5) is 0 Å². The van der Waals surface area contributed by atoms with Gasteiger partial charge in [-0.05, 0) is 59.7 Å². The average molecular weight is 424 g/mol. The fourth-order valence-electron chi connectivity index (χ4n) is 2.25. The molecule has 23 heavy (non-hydrogen) atoms. The SMILES string of the molecule is CCCOc1c(I)cc(-c2cc(C)[nH]c(=O)c2C#N)cc1OC. The quantitative estimate of drug-likeness (QED) is 0.745. The number of nitrogens with zero attached hydrogens (tertiary/aromatic N) is 1. The van der Waals surface area contributed by atoms with E-state index in [1.165, 1.54) is 0 Å². The first kappa shape index (κ1) is 17.3. The molecule has 0 fully saturated rings. The van der Waals surface area contributed by atoms with Crippen molar-refractivity contribution in [2.75, 3.05) is 13.7 Å². The standard InChI is InChI=1S/C17H17IN2O3/c1-4-5-23-16-14(18)7-11(8-15(16)22-3)12-6-10(2)20-17(21)13(12)9-19/h6-8H,4-5H2,1-3H3,(H,20,21). The molecule has 1 heterocycles. The average Bonchev–Trinajstić information content (AvgIpc) is 2.52. The van der Waals surface area contributed by atoms with Crippen LogP contribution in [0, 0.1) is 21.8 Å². The molecule has 0 spiro atoms. The zero-order valence-electron chi connectivity index (χ0n) is 13.2. The Morgan fingerprint density at radius 1 is 1.35 bits per heavy atom. The molecule has 0 aliphatic rings. The van der Waals surface area contributed by atoms with Gasteiger partial charge >= 0.3 is 0 Å². The maximum Gasteiger partial charge on any atom is 0.266 e. The molecule has 0 bridgehead atoms. The molecular formula is C17H17IN2O3. The predicted molar refractivity (Wildman–Crippen MR) is 97.0 cm³/mol. The fraction of sp³-hybridized carbons (Fsp3) is 0.294. The van der Waals surface area contributed by atoms with E-state index in [4.69, 9.17) is 9.47 Å². The number of benzene rings is 1. The molecule has 0 amide bonds. The lowest BCUT2D eigenvalue weighted by molar-refractivity contribution is 0.292. The van der Waals surface area contributed by atoms with E-state index in [2.05, 4.69) is 27.6 Å². The second kappa shape index (κ2) is 7.51. The second-order valence-electron chi connectivity index (χ2n) is 5.02. The Hall–Kier alpha value is -2.01. The summed E-state index contributed by atoms with van der Waals surface area (Å²) in [5.74, 6) is 1.26. The molecule has 6 heteroatoms. The highest BCUT2D eigenvalue weighted by Gasteiger charge is 2.16. The minimum Gasteiger partial charge on any atom is -0.493 e. The Balaban J connectivity index is 2.65. The number of aryl methyl sites for hydroxylation is 1. The van der Waals surface area contributed by atoms with Crippen LogP contribution in [-0.4, -0.2) is 18.7 Å². The van der Waals surface area contributed by atoms with Gasteiger partial charge in [-0.15, -0.1) is 0 Å². The van der Waals surface area contributed by atoms with E-state index in [0.29, 0.717) is 29.4 Å². The number of methoxy groups -OCH3 is 1. The normalized spacial score (nSPS) is 10.2. The highest BCUT2D eigenvalue weighted by Crippen LogP contribution is 2.38. The third-order valence-corrected chi connectivity index (χ3v) is 4.07. The number of aromatic amines is 1.